The van der Waals surface area contributed by atoms with E-state index in [0.29, 0.717) is 24.3 Å². The molecule has 1 aliphatic carbocycles. The molecule has 1 unspecified atom stereocenters. The molecule has 1 atom stereocenters. The van der Waals surface area contributed by atoms with Crippen molar-refractivity contribution in [2.24, 2.45) is 0 Å². The minimum Gasteiger partial charge on any atom is -0.364 e. The first-order chi connectivity index (χ1) is 10.2. The highest BCUT2D eigenvalue weighted by atomic mass is 16.2. The van der Waals surface area contributed by atoms with Crippen molar-refractivity contribution in [2.75, 3.05) is 18.9 Å². The number of nitriles is 1. The Labute approximate surface area is 125 Å². The van der Waals surface area contributed by atoms with Crippen molar-refractivity contribution in [1.29, 1.82) is 5.26 Å². The van der Waals surface area contributed by atoms with Crippen LogP contribution in [0.25, 0.3) is 0 Å². The Hall–Kier alpha value is -2.09. The molecule has 5 nitrogen and oxygen atoms in total. The zero-order chi connectivity index (χ0) is 14.8. The zero-order valence-corrected chi connectivity index (χ0v) is 12.4. The molecule has 21 heavy (non-hydrogen) atoms. The summed E-state index contributed by atoms with van der Waals surface area (Å²) >= 11 is 0. The van der Waals surface area contributed by atoms with Crippen molar-refractivity contribution >= 4 is 11.7 Å². The first-order valence-corrected chi connectivity index (χ1v) is 7.61. The summed E-state index contributed by atoms with van der Waals surface area (Å²) in [7, 11) is 1.82. The fourth-order valence-electron chi connectivity index (χ4n) is 3.15. The van der Waals surface area contributed by atoms with Crippen LogP contribution in [-0.4, -0.2) is 35.4 Å². The van der Waals surface area contributed by atoms with E-state index in [4.69, 9.17) is 0 Å². The van der Waals surface area contributed by atoms with E-state index < -0.39 is 0 Å². The molecule has 1 saturated heterocycles. The summed E-state index contributed by atoms with van der Waals surface area (Å²) in [4.78, 5) is 18.0. The largest absolute Gasteiger partial charge is 0.364 e. The molecule has 5 heteroatoms. The molecule has 1 N–H and O–H groups in total. The van der Waals surface area contributed by atoms with E-state index in [1.165, 1.54) is 18.4 Å². The molecule has 0 saturated carbocycles. The summed E-state index contributed by atoms with van der Waals surface area (Å²) in [5, 5.41) is 12.7. The first-order valence-electron chi connectivity index (χ1n) is 7.61. The third-order valence-corrected chi connectivity index (χ3v) is 4.39. The van der Waals surface area contributed by atoms with E-state index in [1.807, 2.05) is 13.1 Å². The number of carbonyl (C=O) groups excluding carboxylic acids is 1. The second-order valence-corrected chi connectivity index (χ2v) is 5.96. The van der Waals surface area contributed by atoms with Gasteiger partial charge < -0.3 is 10.2 Å². The number of fused-ring (bicyclic) bond motifs is 1. The van der Waals surface area contributed by atoms with Crippen LogP contribution in [0.1, 0.15) is 42.5 Å². The van der Waals surface area contributed by atoms with Crippen LogP contribution in [0.15, 0.2) is 6.07 Å². The molecule has 1 aromatic heterocycles. The number of rotatable bonds is 2. The SMILES string of the molecule is CN1CC(Nc2nc3c(cc2C#N)CCCC3)CCC1=O. The van der Waals surface area contributed by atoms with Gasteiger partial charge in [0.2, 0.25) is 5.91 Å². The molecule has 2 heterocycles. The maximum Gasteiger partial charge on any atom is 0.222 e. The fraction of sp³-hybridized carbons (Fsp3) is 0.562. The Morgan fingerprint density at radius 1 is 1.38 bits per heavy atom. The molecule has 1 aliphatic heterocycles. The van der Waals surface area contributed by atoms with Crippen molar-refractivity contribution < 1.29 is 4.79 Å². The molecule has 3 rings (SSSR count). The maximum absolute atomic E-state index is 11.5. The van der Waals surface area contributed by atoms with Gasteiger partial charge in [0.1, 0.15) is 11.9 Å². The van der Waals surface area contributed by atoms with Crippen LogP contribution in [0, 0.1) is 11.3 Å². The number of piperidine rings is 1. The number of aryl methyl sites for hydroxylation is 2. The van der Waals surface area contributed by atoms with E-state index in [9.17, 15) is 10.1 Å². The zero-order valence-electron chi connectivity index (χ0n) is 12.4. The van der Waals surface area contributed by atoms with Crippen LogP contribution in [0.4, 0.5) is 5.82 Å². The predicted octanol–water partition coefficient (Wildman–Crippen LogP) is 1.86. The average Bonchev–Trinajstić information content (AvgIpc) is 2.50. The number of pyridine rings is 1. The molecule has 0 radical (unpaired) electrons. The van der Waals surface area contributed by atoms with Crippen molar-refractivity contribution in [3.63, 3.8) is 0 Å². The van der Waals surface area contributed by atoms with Gasteiger partial charge in [0.05, 0.1) is 5.56 Å². The van der Waals surface area contributed by atoms with E-state index in [0.717, 1.165) is 25.0 Å². The second-order valence-electron chi connectivity index (χ2n) is 5.96. The summed E-state index contributed by atoms with van der Waals surface area (Å²) in [6, 6.07) is 4.41. The Balaban J connectivity index is 1.81. The van der Waals surface area contributed by atoms with E-state index in [-0.39, 0.29) is 11.9 Å². The number of likely N-dealkylation sites (tertiary alicyclic amines) is 1. The standard InChI is InChI=1S/C16H20N4O/c1-20-10-13(6-7-15(20)21)18-16-12(9-17)8-11-4-2-3-5-14(11)19-16/h8,13H,2-7,10H2,1H3,(H,18,19). The molecule has 1 fully saturated rings. The van der Waals surface area contributed by atoms with Gasteiger partial charge in [-0.3, -0.25) is 4.79 Å². The van der Waals surface area contributed by atoms with Gasteiger partial charge in [0, 0.05) is 31.7 Å². The van der Waals surface area contributed by atoms with Crippen molar-refractivity contribution in [1.82, 2.24) is 9.88 Å². The summed E-state index contributed by atoms with van der Waals surface area (Å²) in [6.07, 6.45) is 5.73. The summed E-state index contributed by atoms with van der Waals surface area (Å²) in [5.74, 6) is 0.873. The van der Waals surface area contributed by atoms with Gasteiger partial charge in [-0.05, 0) is 43.7 Å². The van der Waals surface area contributed by atoms with Gasteiger partial charge in [-0.25, -0.2) is 4.98 Å². The lowest BCUT2D eigenvalue weighted by Gasteiger charge is -2.31. The number of aromatic nitrogens is 1. The van der Waals surface area contributed by atoms with Gasteiger partial charge in [0.25, 0.3) is 0 Å². The normalized spacial score (nSPS) is 21.6. The minimum atomic E-state index is 0.175. The molecular formula is C16H20N4O. The van der Waals surface area contributed by atoms with Crippen molar-refractivity contribution in [3.05, 3.63) is 22.9 Å². The van der Waals surface area contributed by atoms with Crippen molar-refractivity contribution in [2.45, 2.75) is 44.6 Å². The molecule has 0 bridgehead atoms. The van der Waals surface area contributed by atoms with Crippen LogP contribution in [-0.2, 0) is 17.6 Å². The highest BCUT2D eigenvalue weighted by molar-refractivity contribution is 5.77. The molecule has 2 aliphatic rings. The Kier molecular flexibility index (Phi) is 3.78. The number of likely N-dealkylation sites (N-methyl/N-ethyl adjacent to an activating group) is 1. The van der Waals surface area contributed by atoms with Gasteiger partial charge in [0.15, 0.2) is 0 Å². The van der Waals surface area contributed by atoms with Crippen LogP contribution in [0.2, 0.25) is 0 Å². The minimum absolute atomic E-state index is 0.175. The smallest absolute Gasteiger partial charge is 0.222 e. The predicted molar refractivity (Wildman–Crippen MR) is 79.9 cm³/mol. The number of amides is 1. The Morgan fingerprint density at radius 3 is 2.95 bits per heavy atom. The number of anilines is 1. The molecular weight excluding hydrogens is 264 g/mol. The maximum atomic E-state index is 11.5. The third kappa shape index (κ3) is 2.85. The summed E-state index contributed by atoms with van der Waals surface area (Å²) in [5.41, 5.74) is 2.97. The van der Waals surface area contributed by atoms with E-state index in [2.05, 4.69) is 16.4 Å². The number of nitrogens with one attached hydrogen (secondary N) is 1. The second kappa shape index (κ2) is 5.72. The van der Waals surface area contributed by atoms with Gasteiger partial charge in [-0.15, -0.1) is 0 Å². The van der Waals surface area contributed by atoms with Gasteiger partial charge in [-0.1, -0.05) is 0 Å². The van der Waals surface area contributed by atoms with Crippen molar-refractivity contribution in [3.8, 4) is 6.07 Å². The van der Waals surface area contributed by atoms with Crippen LogP contribution in [0.3, 0.4) is 0 Å². The number of nitrogens with zero attached hydrogens (tertiary/aromatic N) is 3. The summed E-state index contributed by atoms with van der Waals surface area (Å²) < 4.78 is 0. The fourth-order valence-corrected chi connectivity index (χ4v) is 3.15. The quantitative estimate of drug-likeness (QED) is 0.900. The lowest BCUT2D eigenvalue weighted by molar-refractivity contribution is -0.132. The number of hydrogen-bond acceptors (Lipinski definition) is 4. The van der Waals surface area contributed by atoms with Crippen LogP contribution in [0.5, 0.6) is 0 Å². The Morgan fingerprint density at radius 2 is 2.19 bits per heavy atom. The summed E-state index contributed by atoms with van der Waals surface area (Å²) in [6.45, 7) is 0.669. The van der Waals surface area contributed by atoms with E-state index >= 15 is 0 Å². The number of carbonyl (C=O) groups is 1. The molecule has 1 aromatic rings. The topological polar surface area (TPSA) is 69.0 Å². The Bertz CT molecular complexity index is 605. The lowest BCUT2D eigenvalue weighted by Crippen LogP contribution is -2.43. The van der Waals surface area contributed by atoms with Gasteiger partial charge >= 0.3 is 0 Å². The first kappa shape index (κ1) is 13.9. The highest BCUT2D eigenvalue weighted by Gasteiger charge is 2.24. The third-order valence-electron chi connectivity index (χ3n) is 4.39. The van der Waals surface area contributed by atoms with Crippen LogP contribution >= 0.6 is 0 Å². The molecule has 0 spiro atoms. The van der Waals surface area contributed by atoms with Gasteiger partial charge in [-0.2, -0.15) is 5.26 Å². The lowest BCUT2D eigenvalue weighted by atomic mass is 9.95. The van der Waals surface area contributed by atoms with E-state index in [1.54, 1.807) is 4.90 Å². The monoisotopic (exact) mass is 284 g/mol. The molecule has 110 valence electrons. The average molecular weight is 284 g/mol. The molecule has 0 aromatic carbocycles. The van der Waals surface area contributed by atoms with Crippen LogP contribution < -0.4 is 5.32 Å². The highest BCUT2D eigenvalue weighted by Crippen LogP contribution is 2.25. The number of hydrogen-bond donors (Lipinski definition) is 1. The molecule has 1 amide bonds.